The van der Waals surface area contributed by atoms with Crippen molar-refractivity contribution < 1.29 is 18.7 Å². The fourth-order valence-corrected chi connectivity index (χ4v) is 3.28. The molecule has 0 unspecified atom stereocenters. The maximum absolute atomic E-state index is 13.1. The third-order valence-corrected chi connectivity index (χ3v) is 4.38. The normalized spacial score (nSPS) is 17.0. The molecule has 1 aromatic carbocycles. The molecule has 0 radical (unpaired) electrons. The fourth-order valence-electron chi connectivity index (χ4n) is 3.28. The standard InChI is InChI=1S/C19H20FNO3/c1-10(2)24-19(23)18-11(3)17-15(21-18)8-13(9-16(17)22)12-4-6-14(20)7-5-12/h4-7,10,13,21H,8-9H2,1-3H3/t13-/m1/s1. The number of Topliss-reactive ketones (excluding diaryl/α,β-unsaturated/α-hetero) is 1. The number of hydrogen-bond donors (Lipinski definition) is 1. The second kappa shape index (κ2) is 6.23. The molecule has 1 atom stereocenters. The van der Waals surface area contributed by atoms with E-state index in [1.165, 1.54) is 12.1 Å². The lowest BCUT2D eigenvalue weighted by Crippen LogP contribution is -2.18. The summed E-state index contributed by atoms with van der Waals surface area (Å²) in [5.74, 6) is -0.750. The van der Waals surface area contributed by atoms with E-state index >= 15 is 0 Å². The van der Waals surface area contributed by atoms with E-state index in [1.54, 1.807) is 32.9 Å². The average Bonchev–Trinajstić information content (AvgIpc) is 2.85. The Labute approximate surface area is 140 Å². The molecule has 0 spiro atoms. The van der Waals surface area contributed by atoms with E-state index in [2.05, 4.69) is 4.98 Å². The van der Waals surface area contributed by atoms with Crippen LogP contribution in [0.4, 0.5) is 4.39 Å². The van der Waals surface area contributed by atoms with E-state index in [4.69, 9.17) is 4.74 Å². The maximum atomic E-state index is 13.1. The predicted octanol–water partition coefficient (Wildman–Crippen LogP) is 3.94. The molecule has 1 aliphatic rings. The fraction of sp³-hybridized carbons (Fsp3) is 0.368. The lowest BCUT2D eigenvalue weighted by molar-refractivity contribution is 0.0370. The van der Waals surface area contributed by atoms with Crippen molar-refractivity contribution in [1.29, 1.82) is 0 Å². The largest absolute Gasteiger partial charge is 0.458 e. The van der Waals surface area contributed by atoms with Gasteiger partial charge in [0.15, 0.2) is 5.78 Å². The molecule has 0 saturated heterocycles. The molecule has 126 valence electrons. The summed E-state index contributed by atoms with van der Waals surface area (Å²) in [5, 5.41) is 0. The molecular weight excluding hydrogens is 309 g/mol. The van der Waals surface area contributed by atoms with Gasteiger partial charge in [0, 0.05) is 17.7 Å². The van der Waals surface area contributed by atoms with Gasteiger partial charge in [-0.05, 0) is 56.4 Å². The van der Waals surface area contributed by atoms with Crippen LogP contribution >= 0.6 is 0 Å². The van der Waals surface area contributed by atoms with Gasteiger partial charge in [0.1, 0.15) is 11.5 Å². The topological polar surface area (TPSA) is 59.2 Å². The van der Waals surface area contributed by atoms with Crippen molar-refractivity contribution in [1.82, 2.24) is 4.98 Å². The number of aromatic nitrogens is 1. The molecule has 0 fully saturated rings. The van der Waals surface area contributed by atoms with Crippen molar-refractivity contribution in [2.45, 2.75) is 45.6 Å². The lowest BCUT2D eigenvalue weighted by Gasteiger charge is -2.22. The molecule has 0 aliphatic heterocycles. The Morgan fingerprint density at radius 3 is 2.54 bits per heavy atom. The molecule has 3 rings (SSSR count). The number of halogens is 1. The van der Waals surface area contributed by atoms with Crippen LogP contribution in [0.15, 0.2) is 24.3 Å². The van der Waals surface area contributed by atoms with E-state index in [1.807, 2.05) is 0 Å². The first-order valence-electron chi connectivity index (χ1n) is 8.08. The highest BCUT2D eigenvalue weighted by Gasteiger charge is 2.32. The van der Waals surface area contributed by atoms with Crippen LogP contribution in [0.25, 0.3) is 0 Å². The molecule has 1 N–H and O–H groups in total. The Hall–Kier alpha value is -2.43. The molecular formula is C19H20FNO3. The van der Waals surface area contributed by atoms with Crippen molar-refractivity contribution in [3.8, 4) is 0 Å². The Bertz CT molecular complexity index is 790. The minimum Gasteiger partial charge on any atom is -0.458 e. The van der Waals surface area contributed by atoms with E-state index in [0.717, 1.165) is 11.3 Å². The van der Waals surface area contributed by atoms with Crippen molar-refractivity contribution >= 4 is 11.8 Å². The Kier molecular flexibility index (Phi) is 4.26. The summed E-state index contributed by atoms with van der Waals surface area (Å²) in [6, 6.07) is 6.23. The molecule has 1 heterocycles. The van der Waals surface area contributed by atoms with Gasteiger partial charge >= 0.3 is 5.97 Å². The van der Waals surface area contributed by atoms with Crippen molar-refractivity contribution in [2.24, 2.45) is 0 Å². The number of benzene rings is 1. The number of nitrogens with one attached hydrogen (secondary N) is 1. The smallest absolute Gasteiger partial charge is 0.355 e. The molecule has 2 aromatic rings. The molecule has 1 aromatic heterocycles. The number of H-pyrrole nitrogens is 1. The molecule has 0 amide bonds. The van der Waals surface area contributed by atoms with E-state index < -0.39 is 5.97 Å². The Morgan fingerprint density at radius 2 is 1.92 bits per heavy atom. The van der Waals surface area contributed by atoms with Crippen LogP contribution in [0.1, 0.15) is 63.9 Å². The van der Waals surface area contributed by atoms with E-state index in [9.17, 15) is 14.0 Å². The summed E-state index contributed by atoms with van der Waals surface area (Å²) in [7, 11) is 0. The molecule has 1 aliphatic carbocycles. The van der Waals surface area contributed by atoms with Gasteiger partial charge in [-0.1, -0.05) is 12.1 Å². The van der Waals surface area contributed by atoms with Gasteiger partial charge in [0.05, 0.1) is 6.10 Å². The van der Waals surface area contributed by atoms with Crippen LogP contribution in [-0.2, 0) is 11.2 Å². The van der Waals surface area contributed by atoms with Gasteiger partial charge in [-0.2, -0.15) is 0 Å². The van der Waals surface area contributed by atoms with Crippen LogP contribution in [-0.4, -0.2) is 22.8 Å². The highest BCUT2D eigenvalue weighted by atomic mass is 19.1. The zero-order chi connectivity index (χ0) is 17.4. The third kappa shape index (κ3) is 2.98. The highest BCUT2D eigenvalue weighted by molar-refractivity contribution is 6.03. The molecule has 4 nitrogen and oxygen atoms in total. The highest BCUT2D eigenvalue weighted by Crippen LogP contribution is 2.35. The van der Waals surface area contributed by atoms with Gasteiger partial charge in [0.2, 0.25) is 0 Å². The zero-order valence-electron chi connectivity index (χ0n) is 14.0. The van der Waals surface area contributed by atoms with Gasteiger partial charge in [0.25, 0.3) is 0 Å². The molecule has 24 heavy (non-hydrogen) atoms. The number of rotatable bonds is 3. The van der Waals surface area contributed by atoms with Crippen LogP contribution < -0.4 is 0 Å². The maximum Gasteiger partial charge on any atom is 0.355 e. The van der Waals surface area contributed by atoms with Crippen molar-refractivity contribution in [2.75, 3.05) is 0 Å². The van der Waals surface area contributed by atoms with Gasteiger partial charge in [-0.15, -0.1) is 0 Å². The average molecular weight is 329 g/mol. The van der Waals surface area contributed by atoms with Crippen molar-refractivity contribution in [3.63, 3.8) is 0 Å². The van der Waals surface area contributed by atoms with Crippen molar-refractivity contribution in [3.05, 3.63) is 58.2 Å². The molecule has 5 heteroatoms. The monoisotopic (exact) mass is 329 g/mol. The summed E-state index contributed by atoms with van der Waals surface area (Å²) in [5.41, 5.74) is 3.28. The van der Waals surface area contributed by atoms with E-state index in [0.29, 0.717) is 29.7 Å². The van der Waals surface area contributed by atoms with Gasteiger partial charge in [-0.3, -0.25) is 4.79 Å². The second-order valence-corrected chi connectivity index (χ2v) is 6.51. The first kappa shape index (κ1) is 16.4. The van der Waals surface area contributed by atoms with Crippen LogP contribution in [0.5, 0.6) is 0 Å². The molecule has 0 saturated carbocycles. The van der Waals surface area contributed by atoms with E-state index in [-0.39, 0.29) is 23.6 Å². The van der Waals surface area contributed by atoms with Gasteiger partial charge in [-0.25, -0.2) is 9.18 Å². The second-order valence-electron chi connectivity index (χ2n) is 6.51. The number of carbonyl (C=O) groups excluding carboxylic acids is 2. The Balaban J connectivity index is 1.92. The number of hydrogen-bond acceptors (Lipinski definition) is 3. The summed E-state index contributed by atoms with van der Waals surface area (Å²) in [6.45, 7) is 5.33. The zero-order valence-corrected chi connectivity index (χ0v) is 14.0. The number of fused-ring (bicyclic) bond motifs is 1. The first-order chi connectivity index (χ1) is 11.4. The number of carbonyl (C=O) groups is 2. The quantitative estimate of drug-likeness (QED) is 0.868. The first-order valence-corrected chi connectivity index (χ1v) is 8.08. The van der Waals surface area contributed by atoms with Gasteiger partial charge < -0.3 is 9.72 Å². The third-order valence-electron chi connectivity index (χ3n) is 4.38. The lowest BCUT2D eigenvalue weighted by atomic mass is 9.81. The summed E-state index contributed by atoms with van der Waals surface area (Å²) >= 11 is 0. The van der Waals surface area contributed by atoms with Crippen LogP contribution in [0.2, 0.25) is 0 Å². The number of ether oxygens (including phenoxy) is 1. The minimum absolute atomic E-state index is 0.00271. The molecule has 0 bridgehead atoms. The Morgan fingerprint density at radius 1 is 1.25 bits per heavy atom. The number of esters is 1. The summed E-state index contributed by atoms with van der Waals surface area (Å²) in [6.07, 6.45) is 0.748. The minimum atomic E-state index is -0.442. The van der Waals surface area contributed by atoms with Crippen LogP contribution in [0, 0.1) is 12.7 Å². The summed E-state index contributed by atoms with van der Waals surface area (Å²) < 4.78 is 18.3. The predicted molar refractivity (Wildman–Crippen MR) is 87.9 cm³/mol. The van der Waals surface area contributed by atoms with Crippen LogP contribution in [0.3, 0.4) is 0 Å². The summed E-state index contributed by atoms with van der Waals surface area (Å²) in [4.78, 5) is 27.8. The SMILES string of the molecule is Cc1c(C(=O)OC(C)C)[nH]c2c1C(=O)C[C@H](c1ccc(F)cc1)C2. The number of aromatic amines is 1. The number of ketones is 1.